The van der Waals surface area contributed by atoms with E-state index in [1.165, 1.54) is 16.8 Å². The molecule has 114 valence electrons. The van der Waals surface area contributed by atoms with E-state index in [1.54, 1.807) is 7.11 Å². The van der Waals surface area contributed by atoms with Crippen molar-refractivity contribution in [1.82, 2.24) is 0 Å². The van der Waals surface area contributed by atoms with Crippen LogP contribution in [0.5, 0.6) is 5.75 Å². The van der Waals surface area contributed by atoms with Crippen LogP contribution in [0, 0.1) is 6.92 Å². The zero-order valence-corrected chi connectivity index (χ0v) is 13.7. The van der Waals surface area contributed by atoms with E-state index in [0.717, 1.165) is 35.9 Å². The second-order valence-electron chi connectivity index (χ2n) is 5.55. The van der Waals surface area contributed by atoms with Crippen molar-refractivity contribution in [2.45, 2.75) is 19.8 Å². The van der Waals surface area contributed by atoms with Gasteiger partial charge in [-0.2, -0.15) is 0 Å². The van der Waals surface area contributed by atoms with Crippen LogP contribution >= 0.6 is 12.2 Å². The molecule has 2 aromatic rings. The summed E-state index contributed by atoms with van der Waals surface area (Å²) in [5, 5.41) is 4.07. The Morgan fingerprint density at radius 3 is 2.68 bits per heavy atom. The molecule has 22 heavy (non-hydrogen) atoms. The highest BCUT2D eigenvalue weighted by atomic mass is 32.1. The van der Waals surface area contributed by atoms with Crippen LogP contribution in [-0.4, -0.2) is 18.8 Å². The van der Waals surface area contributed by atoms with E-state index < -0.39 is 0 Å². The predicted molar refractivity (Wildman–Crippen MR) is 96.1 cm³/mol. The first-order valence-electron chi connectivity index (χ1n) is 7.49. The lowest BCUT2D eigenvalue weighted by atomic mass is 10.00. The number of hydrogen-bond acceptors (Lipinski definition) is 2. The molecule has 1 N–H and O–H groups in total. The summed E-state index contributed by atoms with van der Waals surface area (Å²) in [5.41, 5.74) is 4.88. The van der Waals surface area contributed by atoms with Gasteiger partial charge < -0.3 is 15.0 Å². The van der Waals surface area contributed by atoms with Crippen LogP contribution in [0.1, 0.15) is 17.5 Å². The maximum atomic E-state index is 5.61. The molecule has 0 unspecified atom stereocenters. The van der Waals surface area contributed by atoms with E-state index in [9.17, 15) is 0 Å². The van der Waals surface area contributed by atoms with Crippen molar-refractivity contribution in [3.05, 3.63) is 53.6 Å². The molecule has 3 rings (SSSR count). The van der Waals surface area contributed by atoms with Crippen LogP contribution in [0.15, 0.2) is 42.5 Å². The van der Waals surface area contributed by atoms with Gasteiger partial charge in [-0.15, -0.1) is 0 Å². The van der Waals surface area contributed by atoms with E-state index in [2.05, 4.69) is 35.3 Å². The Morgan fingerprint density at radius 1 is 1.18 bits per heavy atom. The molecule has 2 aromatic carbocycles. The third kappa shape index (κ3) is 3.07. The Bertz CT molecular complexity index is 682. The number of aryl methyl sites for hydroxylation is 2. The van der Waals surface area contributed by atoms with Crippen molar-refractivity contribution in [2.75, 3.05) is 23.9 Å². The number of ether oxygens (including phenoxy) is 1. The predicted octanol–water partition coefficient (Wildman–Crippen LogP) is 4.15. The number of nitrogens with one attached hydrogen (secondary N) is 1. The first kappa shape index (κ1) is 14.9. The lowest BCUT2D eigenvalue weighted by Crippen LogP contribution is -2.38. The van der Waals surface area contributed by atoms with Gasteiger partial charge >= 0.3 is 0 Å². The van der Waals surface area contributed by atoms with Crippen LogP contribution < -0.4 is 15.0 Å². The molecule has 0 amide bonds. The first-order valence-corrected chi connectivity index (χ1v) is 7.90. The van der Waals surface area contributed by atoms with Crippen molar-refractivity contribution >= 4 is 28.7 Å². The van der Waals surface area contributed by atoms with Crippen molar-refractivity contribution in [2.24, 2.45) is 0 Å². The molecule has 0 fully saturated rings. The molecule has 1 aliphatic heterocycles. The summed E-state index contributed by atoms with van der Waals surface area (Å²) in [6.07, 6.45) is 2.25. The molecule has 0 saturated heterocycles. The molecular formula is C18H20N2OS. The zero-order chi connectivity index (χ0) is 15.5. The summed E-state index contributed by atoms with van der Waals surface area (Å²) in [4.78, 5) is 2.19. The number of fused-ring (bicyclic) bond motifs is 1. The van der Waals surface area contributed by atoms with Crippen molar-refractivity contribution in [3.63, 3.8) is 0 Å². The Morgan fingerprint density at radius 2 is 1.95 bits per heavy atom. The van der Waals surface area contributed by atoms with Crippen LogP contribution in [0.2, 0.25) is 0 Å². The molecule has 1 aliphatic rings. The average Bonchev–Trinajstić information content (AvgIpc) is 2.54. The number of benzene rings is 2. The Hall–Kier alpha value is -2.07. The Balaban J connectivity index is 1.78. The summed E-state index contributed by atoms with van der Waals surface area (Å²) in [5.74, 6) is 0.843. The molecule has 0 aromatic heterocycles. The van der Waals surface area contributed by atoms with Gasteiger partial charge in [0.1, 0.15) is 5.75 Å². The smallest absolute Gasteiger partial charge is 0.177 e. The van der Waals surface area contributed by atoms with Gasteiger partial charge in [-0.05, 0) is 67.9 Å². The van der Waals surface area contributed by atoms with Crippen LogP contribution in [0.3, 0.4) is 0 Å². The van der Waals surface area contributed by atoms with Crippen LogP contribution in [0.25, 0.3) is 0 Å². The number of thiocarbonyl (C=S) groups is 1. The molecule has 4 heteroatoms. The minimum absolute atomic E-state index is 0.745. The third-order valence-electron chi connectivity index (χ3n) is 3.94. The fourth-order valence-corrected chi connectivity index (χ4v) is 3.11. The van der Waals surface area contributed by atoms with E-state index in [-0.39, 0.29) is 0 Å². The zero-order valence-electron chi connectivity index (χ0n) is 12.9. The molecular weight excluding hydrogens is 292 g/mol. The Labute approximate surface area is 136 Å². The van der Waals surface area contributed by atoms with Crippen LogP contribution in [0.4, 0.5) is 11.4 Å². The highest BCUT2D eigenvalue weighted by Gasteiger charge is 2.20. The van der Waals surface area contributed by atoms with Crippen molar-refractivity contribution in [1.29, 1.82) is 0 Å². The lowest BCUT2D eigenvalue weighted by molar-refractivity contribution is 0.415. The molecule has 0 bridgehead atoms. The standard InChI is InChI=1S/C18H20N2OS/c1-13-5-10-17-14(12-13)4-3-11-20(17)18(22)19-15-6-8-16(21-2)9-7-15/h5-10,12H,3-4,11H2,1-2H3,(H,19,22). The number of rotatable bonds is 2. The van der Waals surface area contributed by atoms with Gasteiger partial charge in [-0.1, -0.05) is 17.7 Å². The minimum Gasteiger partial charge on any atom is -0.497 e. The quantitative estimate of drug-likeness (QED) is 0.842. The van der Waals surface area contributed by atoms with Gasteiger partial charge in [0, 0.05) is 17.9 Å². The average molecular weight is 312 g/mol. The topological polar surface area (TPSA) is 24.5 Å². The maximum Gasteiger partial charge on any atom is 0.177 e. The van der Waals surface area contributed by atoms with E-state index in [4.69, 9.17) is 17.0 Å². The van der Waals surface area contributed by atoms with Gasteiger partial charge in [0.2, 0.25) is 0 Å². The highest BCUT2D eigenvalue weighted by molar-refractivity contribution is 7.80. The lowest BCUT2D eigenvalue weighted by Gasteiger charge is -2.32. The van der Waals surface area contributed by atoms with Gasteiger partial charge in [0.25, 0.3) is 0 Å². The van der Waals surface area contributed by atoms with E-state index in [1.807, 2.05) is 24.3 Å². The minimum atomic E-state index is 0.745. The number of hydrogen-bond donors (Lipinski definition) is 1. The SMILES string of the molecule is COc1ccc(NC(=S)N2CCCc3cc(C)ccc32)cc1. The maximum absolute atomic E-state index is 5.61. The molecule has 0 radical (unpaired) electrons. The van der Waals surface area contributed by atoms with Crippen molar-refractivity contribution < 1.29 is 4.74 Å². The molecule has 0 saturated carbocycles. The molecule has 1 heterocycles. The third-order valence-corrected chi connectivity index (χ3v) is 4.26. The van der Waals surface area contributed by atoms with Gasteiger partial charge in [0.15, 0.2) is 5.11 Å². The van der Waals surface area contributed by atoms with Gasteiger partial charge in [-0.3, -0.25) is 0 Å². The fraction of sp³-hybridized carbons (Fsp3) is 0.278. The summed E-state index contributed by atoms with van der Waals surface area (Å²) in [6, 6.07) is 14.4. The van der Waals surface area contributed by atoms with E-state index in [0.29, 0.717) is 0 Å². The van der Waals surface area contributed by atoms with E-state index >= 15 is 0 Å². The van der Waals surface area contributed by atoms with Gasteiger partial charge in [0.05, 0.1) is 7.11 Å². The number of anilines is 2. The molecule has 3 nitrogen and oxygen atoms in total. The summed E-state index contributed by atoms with van der Waals surface area (Å²) >= 11 is 5.61. The number of methoxy groups -OCH3 is 1. The second-order valence-corrected chi connectivity index (χ2v) is 5.93. The van der Waals surface area contributed by atoms with Crippen LogP contribution in [-0.2, 0) is 6.42 Å². The molecule has 0 atom stereocenters. The highest BCUT2D eigenvalue weighted by Crippen LogP contribution is 2.28. The summed E-state index contributed by atoms with van der Waals surface area (Å²) < 4.78 is 5.18. The Kier molecular flexibility index (Phi) is 4.29. The second kappa shape index (κ2) is 6.36. The number of nitrogens with zero attached hydrogens (tertiary/aromatic N) is 1. The normalized spacial score (nSPS) is 13.5. The fourth-order valence-electron chi connectivity index (χ4n) is 2.80. The largest absolute Gasteiger partial charge is 0.497 e. The van der Waals surface area contributed by atoms with Gasteiger partial charge in [-0.25, -0.2) is 0 Å². The summed E-state index contributed by atoms with van der Waals surface area (Å²) in [6.45, 7) is 3.09. The summed E-state index contributed by atoms with van der Waals surface area (Å²) in [7, 11) is 1.67. The monoisotopic (exact) mass is 312 g/mol. The molecule has 0 aliphatic carbocycles. The van der Waals surface area contributed by atoms with Crippen molar-refractivity contribution in [3.8, 4) is 5.75 Å². The first-order chi connectivity index (χ1) is 10.7. The molecule has 0 spiro atoms.